The number of rotatable bonds is 4. The van der Waals surface area contributed by atoms with Crippen LogP contribution < -0.4 is 5.32 Å². The van der Waals surface area contributed by atoms with Gasteiger partial charge in [0.25, 0.3) is 0 Å². The number of hydrogen-bond acceptors (Lipinski definition) is 3. The van der Waals surface area contributed by atoms with Crippen LogP contribution in [-0.4, -0.2) is 49.6 Å². The smallest absolute Gasteiger partial charge is 0.228 e. The predicted octanol–water partition coefficient (Wildman–Crippen LogP) is 0.788. The zero-order chi connectivity index (χ0) is 13.7. The van der Waals surface area contributed by atoms with Gasteiger partial charge in [-0.15, -0.1) is 0 Å². The Morgan fingerprint density at radius 2 is 2.16 bits per heavy atom. The molecule has 0 bridgehead atoms. The minimum atomic E-state index is -0.0356. The van der Waals surface area contributed by atoms with Crippen LogP contribution in [0.15, 0.2) is 0 Å². The second-order valence-electron chi connectivity index (χ2n) is 5.47. The van der Waals surface area contributed by atoms with Gasteiger partial charge in [-0.1, -0.05) is 6.92 Å². The maximum absolute atomic E-state index is 12.3. The van der Waals surface area contributed by atoms with Gasteiger partial charge >= 0.3 is 0 Å². The lowest BCUT2D eigenvalue weighted by Gasteiger charge is -2.33. The second kappa shape index (κ2) is 6.89. The first-order valence-electron chi connectivity index (χ1n) is 7.36. The van der Waals surface area contributed by atoms with E-state index >= 15 is 0 Å². The third-order valence-electron chi connectivity index (χ3n) is 3.93. The van der Waals surface area contributed by atoms with Crippen molar-refractivity contribution in [3.8, 4) is 0 Å². The second-order valence-corrected chi connectivity index (χ2v) is 5.47. The van der Waals surface area contributed by atoms with Gasteiger partial charge in [0.15, 0.2) is 0 Å². The molecule has 2 amide bonds. The van der Waals surface area contributed by atoms with Gasteiger partial charge in [-0.2, -0.15) is 0 Å². The Kier molecular flexibility index (Phi) is 5.19. The highest BCUT2D eigenvalue weighted by atomic mass is 16.5. The van der Waals surface area contributed by atoms with Crippen molar-refractivity contribution < 1.29 is 14.3 Å². The third kappa shape index (κ3) is 3.69. The van der Waals surface area contributed by atoms with E-state index in [1.165, 1.54) is 0 Å². The molecule has 2 fully saturated rings. The summed E-state index contributed by atoms with van der Waals surface area (Å²) in [6.07, 6.45) is 3.58. The Bertz CT molecular complexity index is 327. The van der Waals surface area contributed by atoms with Gasteiger partial charge in [0.2, 0.25) is 11.8 Å². The van der Waals surface area contributed by atoms with Crippen molar-refractivity contribution in [1.82, 2.24) is 10.2 Å². The topological polar surface area (TPSA) is 58.6 Å². The Balaban J connectivity index is 1.85. The van der Waals surface area contributed by atoms with Gasteiger partial charge in [0.1, 0.15) is 0 Å². The highest BCUT2D eigenvalue weighted by molar-refractivity contribution is 5.82. The molecule has 0 saturated carbocycles. The molecule has 0 aromatic carbocycles. The van der Waals surface area contributed by atoms with E-state index in [0.717, 1.165) is 38.8 Å². The van der Waals surface area contributed by atoms with Gasteiger partial charge in [-0.3, -0.25) is 9.59 Å². The molecule has 5 nitrogen and oxygen atoms in total. The van der Waals surface area contributed by atoms with E-state index in [2.05, 4.69) is 5.32 Å². The van der Waals surface area contributed by atoms with Crippen molar-refractivity contribution in [3.63, 3.8) is 0 Å². The van der Waals surface area contributed by atoms with Crippen LogP contribution in [0.5, 0.6) is 0 Å². The van der Waals surface area contributed by atoms with Gasteiger partial charge in [0.05, 0.1) is 18.4 Å². The first kappa shape index (κ1) is 14.3. The first-order valence-corrected chi connectivity index (χ1v) is 7.36. The van der Waals surface area contributed by atoms with Crippen LogP contribution in [0, 0.1) is 11.8 Å². The molecule has 108 valence electrons. The summed E-state index contributed by atoms with van der Waals surface area (Å²) < 4.78 is 5.27. The zero-order valence-electron chi connectivity index (χ0n) is 11.7. The molecule has 19 heavy (non-hydrogen) atoms. The number of ether oxygens (including phenoxy) is 1. The molecule has 2 aliphatic heterocycles. The van der Waals surface area contributed by atoms with Crippen LogP contribution in [0.25, 0.3) is 0 Å². The molecule has 2 rings (SSSR count). The summed E-state index contributed by atoms with van der Waals surface area (Å²) >= 11 is 0. The Morgan fingerprint density at radius 3 is 2.84 bits per heavy atom. The number of nitrogens with one attached hydrogen (secondary N) is 1. The molecular formula is C14H24N2O3. The van der Waals surface area contributed by atoms with Crippen molar-refractivity contribution in [2.45, 2.75) is 32.6 Å². The molecule has 2 saturated heterocycles. The highest BCUT2D eigenvalue weighted by Crippen LogP contribution is 2.21. The molecular weight excluding hydrogens is 244 g/mol. The molecule has 2 unspecified atom stereocenters. The predicted molar refractivity (Wildman–Crippen MR) is 71.5 cm³/mol. The molecule has 0 aromatic rings. The Labute approximate surface area is 114 Å². The van der Waals surface area contributed by atoms with E-state index in [1.807, 2.05) is 11.8 Å². The van der Waals surface area contributed by atoms with Gasteiger partial charge < -0.3 is 15.0 Å². The number of likely N-dealkylation sites (tertiary alicyclic amines) is 1. The van der Waals surface area contributed by atoms with Crippen LogP contribution in [0.1, 0.15) is 32.6 Å². The molecule has 5 heteroatoms. The average molecular weight is 268 g/mol. The fourth-order valence-electron chi connectivity index (χ4n) is 2.77. The zero-order valence-corrected chi connectivity index (χ0v) is 11.7. The summed E-state index contributed by atoms with van der Waals surface area (Å²) in [6.45, 7) is 5.35. The quantitative estimate of drug-likeness (QED) is 0.820. The van der Waals surface area contributed by atoms with Gasteiger partial charge in [-0.25, -0.2) is 0 Å². The monoisotopic (exact) mass is 268 g/mol. The van der Waals surface area contributed by atoms with Crippen LogP contribution in [-0.2, 0) is 14.3 Å². The molecule has 1 N–H and O–H groups in total. The van der Waals surface area contributed by atoms with Gasteiger partial charge in [0, 0.05) is 26.2 Å². The minimum absolute atomic E-state index is 0.0115. The minimum Gasteiger partial charge on any atom is -0.381 e. The van der Waals surface area contributed by atoms with Crippen molar-refractivity contribution in [2.75, 3.05) is 32.8 Å². The molecule has 0 aromatic heterocycles. The maximum atomic E-state index is 12.3. The first-order chi connectivity index (χ1) is 9.22. The fourth-order valence-corrected chi connectivity index (χ4v) is 2.77. The summed E-state index contributed by atoms with van der Waals surface area (Å²) in [5, 5.41) is 2.93. The molecule has 0 spiro atoms. The van der Waals surface area contributed by atoms with Crippen molar-refractivity contribution in [3.05, 3.63) is 0 Å². The number of carbonyl (C=O) groups excluding carboxylic acids is 2. The number of nitrogens with zero attached hydrogens (tertiary/aromatic N) is 1. The Morgan fingerprint density at radius 1 is 1.32 bits per heavy atom. The summed E-state index contributed by atoms with van der Waals surface area (Å²) in [4.78, 5) is 26.1. The normalized spacial score (nSPS) is 27.3. The lowest BCUT2D eigenvalue weighted by atomic mass is 9.95. The lowest BCUT2D eigenvalue weighted by Crippen LogP contribution is -2.47. The maximum Gasteiger partial charge on any atom is 0.228 e. The summed E-state index contributed by atoms with van der Waals surface area (Å²) in [7, 11) is 0. The van der Waals surface area contributed by atoms with E-state index in [4.69, 9.17) is 4.74 Å². The molecule has 0 radical (unpaired) electrons. The van der Waals surface area contributed by atoms with E-state index in [-0.39, 0.29) is 23.7 Å². The molecule has 2 heterocycles. The van der Waals surface area contributed by atoms with Crippen molar-refractivity contribution >= 4 is 11.8 Å². The lowest BCUT2D eigenvalue weighted by molar-refractivity contribution is -0.139. The van der Waals surface area contributed by atoms with Crippen LogP contribution in [0.2, 0.25) is 0 Å². The molecule has 0 aliphatic carbocycles. The SMILES string of the molecule is CCCNC(=O)C1CCCN(C(=O)C2CCOC2)C1. The number of piperidine rings is 1. The van der Waals surface area contributed by atoms with E-state index in [1.54, 1.807) is 0 Å². The number of carbonyl (C=O) groups is 2. The van der Waals surface area contributed by atoms with E-state index in [0.29, 0.717) is 19.8 Å². The Hall–Kier alpha value is -1.10. The summed E-state index contributed by atoms with van der Waals surface area (Å²) in [5.74, 6) is 0.247. The standard InChI is InChI=1S/C14H24N2O3/c1-2-6-15-13(17)11-4-3-7-16(9-11)14(18)12-5-8-19-10-12/h11-12H,2-10H2,1H3,(H,15,17). The highest BCUT2D eigenvalue weighted by Gasteiger charge is 2.33. The van der Waals surface area contributed by atoms with Crippen LogP contribution in [0.4, 0.5) is 0 Å². The van der Waals surface area contributed by atoms with Crippen molar-refractivity contribution in [2.24, 2.45) is 11.8 Å². The third-order valence-corrected chi connectivity index (χ3v) is 3.93. The molecule has 2 atom stereocenters. The fraction of sp³-hybridized carbons (Fsp3) is 0.857. The average Bonchev–Trinajstić information content (AvgIpc) is 2.98. The number of amides is 2. The van der Waals surface area contributed by atoms with E-state index < -0.39 is 0 Å². The number of hydrogen-bond donors (Lipinski definition) is 1. The largest absolute Gasteiger partial charge is 0.381 e. The van der Waals surface area contributed by atoms with Crippen LogP contribution in [0.3, 0.4) is 0 Å². The van der Waals surface area contributed by atoms with Crippen molar-refractivity contribution in [1.29, 1.82) is 0 Å². The summed E-state index contributed by atoms with van der Waals surface area (Å²) in [6, 6.07) is 0. The molecule has 2 aliphatic rings. The summed E-state index contributed by atoms with van der Waals surface area (Å²) in [5.41, 5.74) is 0. The van der Waals surface area contributed by atoms with Gasteiger partial charge in [-0.05, 0) is 25.7 Å². The van der Waals surface area contributed by atoms with Crippen LogP contribution >= 0.6 is 0 Å². The van der Waals surface area contributed by atoms with E-state index in [9.17, 15) is 9.59 Å².